The van der Waals surface area contributed by atoms with Crippen molar-refractivity contribution in [1.82, 2.24) is 10.3 Å². The SMILES string of the molecule is Cc1[nH]c2c(C)cccc2c1N1CCNCC1. The van der Waals surface area contributed by atoms with Crippen LogP contribution in [-0.2, 0) is 0 Å². The van der Waals surface area contributed by atoms with E-state index in [4.69, 9.17) is 0 Å². The maximum absolute atomic E-state index is 3.53. The molecule has 2 N–H and O–H groups in total. The summed E-state index contributed by atoms with van der Waals surface area (Å²) in [7, 11) is 0. The summed E-state index contributed by atoms with van der Waals surface area (Å²) in [5.74, 6) is 0. The number of rotatable bonds is 1. The molecule has 0 spiro atoms. The number of benzene rings is 1. The van der Waals surface area contributed by atoms with Crippen LogP contribution in [0.25, 0.3) is 10.9 Å². The predicted molar refractivity (Wildman–Crippen MR) is 72.9 cm³/mol. The van der Waals surface area contributed by atoms with Crippen molar-refractivity contribution in [3.8, 4) is 0 Å². The normalized spacial score (nSPS) is 16.7. The lowest BCUT2D eigenvalue weighted by atomic mass is 10.1. The standard InChI is InChI=1S/C14H19N3/c1-10-4-3-5-12-13(10)16-11(2)14(12)17-8-6-15-7-9-17/h3-5,15-16H,6-9H2,1-2H3. The molecule has 0 radical (unpaired) electrons. The number of piperazine rings is 1. The number of H-pyrrole nitrogens is 1. The third-order valence-corrected chi connectivity index (χ3v) is 3.63. The molecule has 0 saturated carbocycles. The maximum Gasteiger partial charge on any atom is 0.0655 e. The molecule has 1 saturated heterocycles. The average molecular weight is 229 g/mol. The van der Waals surface area contributed by atoms with Gasteiger partial charge in [0, 0.05) is 37.3 Å². The molecule has 0 amide bonds. The summed E-state index contributed by atoms with van der Waals surface area (Å²) in [5.41, 5.74) is 5.30. The van der Waals surface area contributed by atoms with Crippen molar-refractivity contribution in [2.24, 2.45) is 0 Å². The molecule has 1 fully saturated rings. The van der Waals surface area contributed by atoms with E-state index in [2.05, 4.69) is 47.2 Å². The highest BCUT2D eigenvalue weighted by Gasteiger charge is 2.17. The van der Waals surface area contributed by atoms with Gasteiger partial charge in [-0.2, -0.15) is 0 Å². The van der Waals surface area contributed by atoms with Gasteiger partial charge < -0.3 is 15.2 Å². The van der Waals surface area contributed by atoms with Gasteiger partial charge >= 0.3 is 0 Å². The van der Waals surface area contributed by atoms with Crippen molar-refractivity contribution >= 4 is 16.6 Å². The fraction of sp³-hybridized carbons (Fsp3) is 0.429. The minimum atomic E-state index is 1.08. The molecule has 0 bridgehead atoms. The molecule has 17 heavy (non-hydrogen) atoms. The number of fused-ring (bicyclic) bond motifs is 1. The van der Waals surface area contributed by atoms with E-state index in [1.165, 1.54) is 27.8 Å². The predicted octanol–water partition coefficient (Wildman–Crippen LogP) is 2.19. The molecule has 2 aromatic rings. The number of nitrogens with zero attached hydrogens (tertiary/aromatic N) is 1. The highest BCUT2D eigenvalue weighted by Crippen LogP contribution is 2.32. The highest BCUT2D eigenvalue weighted by molar-refractivity contribution is 5.96. The molecule has 1 aromatic carbocycles. The minimum absolute atomic E-state index is 1.08. The fourth-order valence-corrected chi connectivity index (χ4v) is 2.78. The lowest BCUT2D eigenvalue weighted by molar-refractivity contribution is 0.589. The van der Waals surface area contributed by atoms with Gasteiger partial charge in [-0.15, -0.1) is 0 Å². The van der Waals surface area contributed by atoms with Crippen LogP contribution in [0.1, 0.15) is 11.3 Å². The number of hydrogen-bond acceptors (Lipinski definition) is 2. The van der Waals surface area contributed by atoms with Gasteiger partial charge in [-0.1, -0.05) is 18.2 Å². The third-order valence-electron chi connectivity index (χ3n) is 3.63. The van der Waals surface area contributed by atoms with Crippen LogP contribution in [0.3, 0.4) is 0 Å². The van der Waals surface area contributed by atoms with E-state index in [0.717, 1.165) is 26.2 Å². The van der Waals surface area contributed by atoms with Crippen molar-refractivity contribution in [2.45, 2.75) is 13.8 Å². The van der Waals surface area contributed by atoms with Crippen LogP contribution in [0.15, 0.2) is 18.2 Å². The van der Waals surface area contributed by atoms with E-state index >= 15 is 0 Å². The van der Waals surface area contributed by atoms with E-state index in [-0.39, 0.29) is 0 Å². The minimum Gasteiger partial charge on any atom is -0.367 e. The number of para-hydroxylation sites is 1. The molecular formula is C14H19N3. The molecule has 0 unspecified atom stereocenters. The largest absolute Gasteiger partial charge is 0.367 e. The van der Waals surface area contributed by atoms with Crippen LogP contribution in [0.2, 0.25) is 0 Å². The zero-order chi connectivity index (χ0) is 11.8. The Balaban J connectivity index is 2.14. The molecule has 1 aromatic heterocycles. The van der Waals surface area contributed by atoms with Crippen molar-refractivity contribution in [2.75, 3.05) is 31.1 Å². The van der Waals surface area contributed by atoms with Gasteiger partial charge in [-0.05, 0) is 19.4 Å². The zero-order valence-corrected chi connectivity index (χ0v) is 10.5. The monoisotopic (exact) mass is 229 g/mol. The van der Waals surface area contributed by atoms with Crippen LogP contribution in [-0.4, -0.2) is 31.2 Å². The Morgan fingerprint density at radius 1 is 1.12 bits per heavy atom. The van der Waals surface area contributed by atoms with Crippen LogP contribution < -0.4 is 10.2 Å². The Hall–Kier alpha value is -1.48. The first-order chi connectivity index (χ1) is 8.27. The number of aromatic nitrogens is 1. The zero-order valence-electron chi connectivity index (χ0n) is 10.5. The molecule has 3 heteroatoms. The van der Waals surface area contributed by atoms with Crippen LogP contribution in [0.5, 0.6) is 0 Å². The van der Waals surface area contributed by atoms with E-state index in [9.17, 15) is 0 Å². The quantitative estimate of drug-likeness (QED) is 0.785. The van der Waals surface area contributed by atoms with Gasteiger partial charge in [0.2, 0.25) is 0 Å². The van der Waals surface area contributed by atoms with E-state index in [0.29, 0.717) is 0 Å². The molecule has 90 valence electrons. The number of anilines is 1. The van der Waals surface area contributed by atoms with Gasteiger partial charge in [-0.25, -0.2) is 0 Å². The Bertz CT molecular complexity index is 536. The lowest BCUT2D eigenvalue weighted by Gasteiger charge is -2.29. The topological polar surface area (TPSA) is 31.1 Å². The van der Waals surface area contributed by atoms with Gasteiger partial charge in [0.1, 0.15) is 0 Å². The smallest absolute Gasteiger partial charge is 0.0655 e. The van der Waals surface area contributed by atoms with Gasteiger partial charge in [-0.3, -0.25) is 0 Å². The summed E-state index contributed by atoms with van der Waals surface area (Å²) in [6.45, 7) is 8.70. The molecule has 3 nitrogen and oxygen atoms in total. The molecule has 1 aliphatic rings. The Morgan fingerprint density at radius 2 is 1.88 bits per heavy atom. The first-order valence-corrected chi connectivity index (χ1v) is 6.31. The molecule has 0 atom stereocenters. The summed E-state index contributed by atoms with van der Waals surface area (Å²) in [6, 6.07) is 6.54. The Kier molecular flexibility index (Phi) is 2.56. The summed E-state index contributed by atoms with van der Waals surface area (Å²) >= 11 is 0. The molecule has 0 aliphatic carbocycles. The lowest BCUT2D eigenvalue weighted by Crippen LogP contribution is -2.43. The second-order valence-electron chi connectivity index (χ2n) is 4.83. The van der Waals surface area contributed by atoms with Crippen molar-refractivity contribution in [3.63, 3.8) is 0 Å². The molecule has 3 rings (SSSR count). The molecular weight excluding hydrogens is 210 g/mol. The number of aryl methyl sites for hydroxylation is 2. The van der Waals surface area contributed by atoms with Crippen molar-refractivity contribution in [1.29, 1.82) is 0 Å². The summed E-state index contributed by atoms with van der Waals surface area (Å²) in [4.78, 5) is 6.02. The first-order valence-electron chi connectivity index (χ1n) is 6.31. The maximum atomic E-state index is 3.53. The van der Waals surface area contributed by atoms with Crippen LogP contribution in [0, 0.1) is 13.8 Å². The average Bonchev–Trinajstić information content (AvgIpc) is 2.68. The van der Waals surface area contributed by atoms with Crippen molar-refractivity contribution in [3.05, 3.63) is 29.5 Å². The summed E-state index contributed by atoms with van der Waals surface area (Å²) < 4.78 is 0. The van der Waals surface area contributed by atoms with Gasteiger partial charge in [0.25, 0.3) is 0 Å². The van der Waals surface area contributed by atoms with E-state index in [1.807, 2.05) is 0 Å². The van der Waals surface area contributed by atoms with Crippen LogP contribution in [0.4, 0.5) is 5.69 Å². The molecule has 2 heterocycles. The first kappa shape index (κ1) is 10.7. The number of aromatic amines is 1. The Morgan fingerprint density at radius 3 is 2.65 bits per heavy atom. The van der Waals surface area contributed by atoms with E-state index in [1.54, 1.807) is 0 Å². The fourth-order valence-electron chi connectivity index (χ4n) is 2.78. The number of hydrogen-bond donors (Lipinski definition) is 2. The highest BCUT2D eigenvalue weighted by atomic mass is 15.2. The summed E-state index contributed by atoms with van der Waals surface area (Å²) in [5, 5.41) is 4.77. The molecule has 1 aliphatic heterocycles. The van der Waals surface area contributed by atoms with E-state index < -0.39 is 0 Å². The Labute approximate surface area is 102 Å². The number of nitrogens with one attached hydrogen (secondary N) is 2. The van der Waals surface area contributed by atoms with Gasteiger partial charge in [0.15, 0.2) is 0 Å². The second-order valence-corrected chi connectivity index (χ2v) is 4.83. The van der Waals surface area contributed by atoms with Gasteiger partial charge in [0.05, 0.1) is 11.2 Å². The van der Waals surface area contributed by atoms with Crippen molar-refractivity contribution < 1.29 is 0 Å². The summed E-state index contributed by atoms with van der Waals surface area (Å²) in [6.07, 6.45) is 0. The third kappa shape index (κ3) is 1.71. The second kappa shape index (κ2) is 4.08. The van der Waals surface area contributed by atoms with Crippen LogP contribution >= 0.6 is 0 Å².